The third-order valence-electron chi connectivity index (χ3n) is 5.53. The Bertz CT molecular complexity index is 868. The normalized spacial score (nSPS) is 18.3. The monoisotopic (exact) mass is 392 g/mol. The molecule has 1 N–H and O–H groups in total. The fraction of sp³-hybridized carbons (Fsp3) is 0.421. The number of piperidine rings is 1. The summed E-state index contributed by atoms with van der Waals surface area (Å²) in [5, 5.41) is 7.63. The lowest BCUT2D eigenvalue weighted by atomic mass is 9.78. The van der Waals surface area contributed by atoms with Crippen molar-refractivity contribution in [1.82, 2.24) is 20.0 Å². The first kappa shape index (κ1) is 19.5. The topological polar surface area (TPSA) is 67.2 Å². The molecule has 0 radical (unpaired) electrons. The molecule has 0 unspecified atom stereocenters. The fourth-order valence-electron chi connectivity index (χ4n) is 3.86. The molecule has 1 spiro atoms. The molecule has 1 aromatic carbocycles. The number of nitrogens with one attached hydrogen (secondary N) is 1. The number of hydrogen-bond acceptors (Lipinski definition) is 4. The number of rotatable bonds is 2. The highest BCUT2D eigenvalue weighted by Gasteiger charge is 2.38. The van der Waals surface area contributed by atoms with Crippen LogP contribution in [0.15, 0.2) is 41.2 Å². The zero-order valence-electron chi connectivity index (χ0n) is 14.9. The Labute approximate surface area is 162 Å². The highest BCUT2D eigenvalue weighted by atomic mass is 35.5. The van der Waals surface area contributed by atoms with Crippen molar-refractivity contribution in [3.05, 3.63) is 58.3 Å². The van der Waals surface area contributed by atoms with E-state index in [9.17, 15) is 14.0 Å². The van der Waals surface area contributed by atoms with E-state index >= 15 is 0 Å². The summed E-state index contributed by atoms with van der Waals surface area (Å²) in [6.07, 6.45) is 3.15. The second-order valence-corrected chi connectivity index (χ2v) is 7.16. The van der Waals surface area contributed by atoms with Crippen LogP contribution in [-0.2, 0) is 0 Å². The first-order valence-electron chi connectivity index (χ1n) is 8.93. The van der Waals surface area contributed by atoms with Crippen molar-refractivity contribution in [1.29, 1.82) is 0 Å². The Kier molecular flexibility index (Phi) is 5.62. The minimum Gasteiger partial charge on any atom is -0.337 e. The number of carbonyl (C=O) groups is 1. The number of aromatic nitrogens is 2. The van der Waals surface area contributed by atoms with Crippen LogP contribution in [0.5, 0.6) is 0 Å². The van der Waals surface area contributed by atoms with Crippen LogP contribution >= 0.6 is 12.4 Å². The van der Waals surface area contributed by atoms with Gasteiger partial charge in [-0.05, 0) is 61.6 Å². The third kappa shape index (κ3) is 3.89. The smallest absolute Gasteiger partial charge is 0.274 e. The predicted octanol–water partition coefficient (Wildman–Crippen LogP) is 2.01. The van der Waals surface area contributed by atoms with Crippen LogP contribution in [0.1, 0.15) is 29.8 Å². The summed E-state index contributed by atoms with van der Waals surface area (Å²) in [5.41, 5.74) is 0.634. The molecule has 8 heteroatoms. The highest BCUT2D eigenvalue weighted by molar-refractivity contribution is 5.92. The van der Waals surface area contributed by atoms with Gasteiger partial charge in [0.2, 0.25) is 0 Å². The molecular formula is C19H22ClFN4O2. The number of carbonyl (C=O) groups excluding carboxylic acids is 1. The first-order chi connectivity index (χ1) is 12.6. The van der Waals surface area contributed by atoms with Crippen LogP contribution < -0.4 is 10.9 Å². The Hall–Kier alpha value is -2.25. The molecule has 1 aromatic heterocycles. The lowest BCUT2D eigenvalue weighted by molar-refractivity contribution is 0.0600. The standard InChI is InChI=1S/C19H21FN4O2.ClH/c20-14-1-3-15(4-2-14)24-17(25)6-5-16(22-24)18(26)23-11-8-19(9-12-23)7-10-21-13-19;/h1-6,21H,7-13H2;1H. The van der Waals surface area contributed by atoms with Gasteiger partial charge in [0.25, 0.3) is 11.5 Å². The molecule has 0 aliphatic carbocycles. The zero-order valence-corrected chi connectivity index (χ0v) is 15.7. The Morgan fingerprint density at radius 1 is 1.07 bits per heavy atom. The number of benzene rings is 1. The molecule has 2 aliphatic heterocycles. The van der Waals surface area contributed by atoms with Crippen LogP contribution in [-0.4, -0.2) is 46.8 Å². The first-order valence-corrected chi connectivity index (χ1v) is 8.93. The molecule has 2 aromatic rings. The number of nitrogens with zero attached hydrogens (tertiary/aromatic N) is 3. The summed E-state index contributed by atoms with van der Waals surface area (Å²) in [4.78, 5) is 26.7. The van der Waals surface area contributed by atoms with Gasteiger partial charge < -0.3 is 10.2 Å². The summed E-state index contributed by atoms with van der Waals surface area (Å²) >= 11 is 0. The average Bonchev–Trinajstić information content (AvgIpc) is 3.11. The van der Waals surface area contributed by atoms with Crippen molar-refractivity contribution in [3.8, 4) is 5.69 Å². The summed E-state index contributed by atoms with van der Waals surface area (Å²) in [6, 6.07) is 8.25. The molecule has 1 amide bonds. The van der Waals surface area contributed by atoms with E-state index in [2.05, 4.69) is 10.4 Å². The largest absolute Gasteiger partial charge is 0.337 e. The predicted molar refractivity (Wildman–Crippen MR) is 102 cm³/mol. The molecule has 144 valence electrons. The van der Waals surface area contributed by atoms with Crippen molar-refractivity contribution < 1.29 is 9.18 Å². The van der Waals surface area contributed by atoms with E-state index in [1.54, 1.807) is 0 Å². The number of hydrogen-bond donors (Lipinski definition) is 1. The van der Waals surface area contributed by atoms with Gasteiger partial charge in [0.05, 0.1) is 5.69 Å². The molecule has 0 bridgehead atoms. The summed E-state index contributed by atoms with van der Waals surface area (Å²) in [5.74, 6) is -0.556. The molecule has 2 saturated heterocycles. The molecule has 2 fully saturated rings. The van der Waals surface area contributed by atoms with Crippen LogP contribution in [0.3, 0.4) is 0 Å². The van der Waals surface area contributed by atoms with Crippen LogP contribution in [0.4, 0.5) is 4.39 Å². The molecule has 0 atom stereocenters. The van der Waals surface area contributed by atoms with E-state index in [1.165, 1.54) is 42.8 Å². The molecule has 6 nitrogen and oxygen atoms in total. The van der Waals surface area contributed by atoms with Gasteiger partial charge in [-0.2, -0.15) is 9.78 Å². The van der Waals surface area contributed by atoms with Gasteiger partial charge in [0.1, 0.15) is 11.5 Å². The Morgan fingerprint density at radius 3 is 2.41 bits per heavy atom. The number of amides is 1. The Balaban J connectivity index is 0.00000210. The van der Waals surface area contributed by atoms with Crippen molar-refractivity contribution in [2.45, 2.75) is 19.3 Å². The maximum atomic E-state index is 13.1. The van der Waals surface area contributed by atoms with Crippen molar-refractivity contribution in [2.24, 2.45) is 5.41 Å². The summed E-state index contributed by atoms with van der Waals surface area (Å²) < 4.78 is 14.2. The van der Waals surface area contributed by atoms with Crippen LogP contribution in [0, 0.1) is 11.2 Å². The summed E-state index contributed by atoms with van der Waals surface area (Å²) in [6.45, 7) is 3.50. The van der Waals surface area contributed by atoms with Crippen molar-refractivity contribution in [3.63, 3.8) is 0 Å². The van der Waals surface area contributed by atoms with Gasteiger partial charge >= 0.3 is 0 Å². The number of halogens is 2. The van der Waals surface area contributed by atoms with Gasteiger partial charge in [-0.3, -0.25) is 9.59 Å². The van der Waals surface area contributed by atoms with Gasteiger partial charge in [-0.1, -0.05) is 0 Å². The zero-order chi connectivity index (χ0) is 18.1. The molecular weight excluding hydrogens is 371 g/mol. The van der Waals surface area contributed by atoms with E-state index in [0.717, 1.165) is 30.6 Å². The van der Waals surface area contributed by atoms with Crippen molar-refractivity contribution in [2.75, 3.05) is 26.2 Å². The minimum absolute atomic E-state index is 0. The third-order valence-corrected chi connectivity index (χ3v) is 5.53. The summed E-state index contributed by atoms with van der Waals surface area (Å²) in [7, 11) is 0. The molecule has 4 rings (SSSR count). The van der Waals surface area contributed by atoms with E-state index in [0.29, 0.717) is 24.2 Å². The lowest BCUT2D eigenvalue weighted by Gasteiger charge is -2.38. The lowest BCUT2D eigenvalue weighted by Crippen LogP contribution is -2.44. The fourth-order valence-corrected chi connectivity index (χ4v) is 3.86. The van der Waals surface area contributed by atoms with Gasteiger partial charge in [0, 0.05) is 25.7 Å². The second-order valence-electron chi connectivity index (χ2n) is 7.16. The molecule has 3 heterocycles. The van der Waals surface area contributed by atoms with E-state index in [-0.39, 0.29) is 29.6 Å². The van der Waals surface area contributed by atoms with E-state index in [1.807, 2.05) is 4.90 Å². The molecule has 27 heavy (non-hydrogen) atoms. The van der Waals surface area contributed by atoms with Gasteiger partial charge in [0.15, 0.2) is 0 Å². The second kappa shape index (κ2) is 7.78. The SMILES string of the molecule is Cl.O=C(c1ccc(=O)n(-c2ccc(F)cc2)n1)N1CCC2(CCNC2)CC1. The van der Waals surface area contributed by atoms with Gasteiger partial charge in [-0.25, -0.2) is 4.39 Å². The average molecular weight is 393 g/mol. The van der Waals surface area contributed by atoms with Crippen LogP contribution in [0.2, 0.25) is 0 Å². The van der Waals surface area contributed by atoms with E-state index in [4.69, 9.17) is 0 Å². The quantitative estimate of drug-likeness (QED) is 0.849. The maximum Gasteiger partial charge on any atom is 0.274 e. The van der Waals surface area contributed by atoms with E-state index < -0.39 is 5.82 Å². The van der Waals surface area contributed by atoms with Crippen molar-refractivity contribution >= 4 is 18.3 Å². The maximum absolute atomic E-state index is 13.1. The molecule has 2 aliphatic rings. The Morgan fingerprint density at radius 2 is 1.78 bits per heavy atom. The molecule has 0 saturated carbocycles. The number of likely N-dealkylation sites (tertiary alicyclic amines) is 1. The van der Waals surface area contributed by atoms with Crippen LogP contribution in [0.25, 0.3) is 5.69 Å². The highest BCUT2D eigenvalue weighted by Crippen LogP contribution is 2.37. The van der Waals surface area contributed by atoms with Gasteiger partial charge in [-0.15, -0.1) is 12.4 Å². The minimum atomic E-state index is -0.391.